The fourth-order valence-electron chi connectivity index (χ4n) is 1.28. The first-order valence-corrected chi connectivity index (χ1v) is 5.63. The summed E-state index contributed by atoms with van der Waals surface area (Å²) < 4.78 is 37.6. The molecule has 20 heavy (non-hydrogen) atoms. The van der Waals surface area contributed by atoms with Crippen molar-refractivity contribution in [2.45, 2.75) is 20.0 Å². The quantitative estimate of drug-likeness (QED) is 0.643. The Kier molecular flexibility index (Phi) is 4.53. The zero-order chi connectivity index (χ0) is 15.6. The van der Waals surface area contributed by atoms with Crippen LogP contribution in [-0.2, 0) is 6.18 Å². The maximum atomic E-state index is 12.5. The second kappa shape index (κ2) is 5.61. The first-order valence-electron chi connectivity index (χ1n) is 5.63. The fraction of sp³-hybridized carbons (Fsp3) is 0.545. The molecule has 0 saturated heterocycles. The fourth-order valence-corrected chi connectivity index (χ4v) is 1.28. The average molecular weight is 293 g/mol. The van der Waals surface area contributed by atoms with Gasteiger partial charge in [-0.15, -0.1) is 0 Å². The van der Waals surface area contributed by atoms with Gasteiger partial charge in [0.2, 0.25) is 0 Å². The average Bonchev–Trinajstić information content (AvgIpc) is 2.35. The van der Waals surface area contributed by atoms with Crippen LogP contribution in [0.15, 0.2) is 12.3 Å². The summed E-state index contributed by atoms with van der Waals surface area (Å²) >= 11 is 0. The summed E-state index contributed by atoms with van der Waals surface area (Å²) in [5, 5.41) is 22.4. The SMILES string of the molecule is CC(C)(CO)CNc1cc(C(F)(F)F)ncc1[N+](=O)[O-]. The standard InChI is InChI=1S/C11H14F3N3O3/c1-10(2,6-18)5-16-7-3-9(11(12,13)14)15-4-8(7)17(19)20/h3-4,18H,5-6H2,1-2H3,(H,15,16). The number of hydrogen-bond acceptors (Lipinski definition) is 5. The van der Waals surface area contributed by atoms with E-state index in [2.05, 4.69) is 10.3 Å². The Morgan fingerprint density at radius 1 is 1.45 bits per heavy atom. The zero-order valence-corrected chi connectivity index (χ0v) is 10.9. The van der Waals surface area contributed by atoms with Crippen LogP contribution < -0.4 is 5.32 Å². The van der Waals surface area contributed by atoms with E-state index in [1.807, 2.05) is 0 Å². The number of pyridine rings is 1. The van der Waals surface area contributed by atoms with Gasteiger partial charge in [0.15, 0.2) is 0 Å². The number of aliphatic hydroxyl groups excluding tert-OH is 1. The van der Waals surface area contributed by atoms with Crippen molar-refractivity contribution in [3.63, 3.8) is 0 Å². The van der Waals surface area contributed by atoms with E-state index in [1.54, 1.807) is 13.8 Å². The van der Waals surface area contributed by atoms with Gasteiger partial charge in [-0.25, -0.2) is 4.98 Å². The highest BCUT2D eigenvalue weighted by Crippen LogP contribution is 2.33. The number of anilines is 1. The van der Waals surface area contributed by atoms with E-state index >= 15 is 0 Å². The number of nitrogens with zero attached hydrogens (tertiary/aromatic N) is 2. The van der Waals surface area contributed by atoms with Crippen molar-refractivity contribution < 1.29 is 23.2 Å². The smallest absolute Gasteiger partial charge is 0.396 e. The molecule has 0 spiro atoms. The lowest BCUT2D eigenvalue weighted by atomic mass is 9.95. The van der Waals surface area contributed by atoms with Crippen molar-refractivity contribution in [3.8, 4) is 0 Å². The molecule has 0 unspecified atom stereocenters. The molecular weight excluding hydrogens is 279 g/mol. The van der Waals surface area contributed by atoms with Crippen LogP contribution in [0.1, 0.15) is 19.5 Å². The summed E-state index contributed by atoms with van der Waals surface area (Å²) in [7, 11) is 0. The molecule has 2 N–H and O–H groups in total. The molecule has 112 valence electrons. The van der Waals surface area contributed by atoms with Gasteiger partial charge in [-0.2, -0.15) is 13.2 Å². The monoisotopic (exact) mass is 293 g/mol. The molecule has 0 aromatic carbocycles. The molecule has 1 aromatic rings. The van der Waals surface area contributed by atoms with Gasteiger partial charge >= 0.3 is 11.9 Å². The molecule has 9 heteroatoms. The molecule has 0 aliphatic rings. The zero-order valence-electron chi connectivity index (χ0n) is 10.9. The van der Waals surface area contributed by atoms with Gasteiger partial charge in [0.05, 0.1) is 4.92 Å². The number of alkyl halides is 3. The molecule has 1 aromatic heterocycles. The first kappa shape index (κ1) is 16.2. The highest BCUT2D eigenvalue weighted by atomic mass is 19.4. The summed E-state index contributed by atoms with van der Waals surface area (Å²) in [5.74, 6) is 0. The second-order valence-electron chi connectivity index (χ2n) is 5.02. The van der Waals surface area contributed by atoms with E-state index in [9.17, 15) is 23.3 Å². The minimum Gasteiger partial charge on any atom is -0.396 e. The number of nitrogens with one attached hydrogen (secondary N) is 1. The van der Waals surface area contributed by atoms with Crippen molar-refractivity contribution in [2.24, 2.45) is 5.41 Å². The third-order valence-corrected chi connectivity index (χ3v) is 2.56. The van der Waals surface area contributed by atoms with Gasteiger partial charge in [0, 0.05) is 18.6 Å². The van der Waals surface area contributed by atoms with Crippen LogP contribution in [-0.4, -0.2) is 28.2 Å². The van der Waals surface area contributed by atoms with E-state index in [1.165, 1.54) is 0 Å². The van der Waals surface area contributed by atoms with Crippen molar-refractivity contribution >= 4 is 11.4 Å². The number of hydrogen-bond donors (Lipinski definition) is 2. The molecule has 0 saturated carbocycles. The molecule has 0 aliphatic carbocycles. The van der Waals surface area contributed by atoms with Gasteiger partial charge in [0.1, 0.15) is 17.6 Å². The number of aliphatic hydroxyl groups is 1. The lowest BCUT2D eigenvalue weighted by molar-refractivity contribution is -0.384. The Bertz CT molecular complexity index is 503. The van der Waals surface area contributed by atoms with E-state index in [0.29, 0.717) is 12.3 Å². The summed E-state index contributed by atoms with van der Waals surface area (Å²) in [4.78, 5) is 13.0. The van der Waals surface area contributed by atoms with Gasteiger partial charge in [-0.1, -0.05) is 13.8 Å². The Morgan fingerprint density at radius 3 is 2.50 bits per heavy atom. The maximum Gasteiger partial charge on any atom is 0.433 e. The number of halogens is 3. The molecule has 0 amide bonds. The van der Waals surface area contributed by atoms with Crippen LogP contribution in [0.3, 0.4) is 0 Å². The van der Waals surface area contributed by atoms with Gasteiger partial charge in [-0.3, -0.25) is 10.1 Å². The van der Waals surface area contributed by atoms with E-state index < -0.39 is 27.9 Å². The third kappa shape index (κ3) is 4.05. The minimum absolute atomic E-state index is 0.0751. The third-order valence-electron chi connectivity index (χ3n) is 2.56. The summed E-state index contributed by atoms with van der Waals surface area (Å²) in [6.07, 6.45) is -4.12. The van der Waals surface area contributed by atoms with Crippen molar-refractivity contribution in [1.82, 2.24) is 4.98 Å². The van der Waals surface area contributed by atoms with E-state index in [-0.39, 0.29) is 18.8 Å². The molecule has 1 heterocycles. The maximum absolute atomic E-state index is 12.5. The van der Waals surface area contributed by atoms with Crippen molar-refractivity contribution in [1.29, 1.82) is 0 Å². The van der Waals surface area contributed by atoms with Crippen molar-refractivity contribution in [2.75, 3.05) is 18.5 Å². The highest BCUT2D eigenvalue weighted by Gasteiger charge is 2.34. The molecule has 6 nitrogen and oxygen atoms in total. The van der Waals surface area contributed by atoms with E-state index in [0.717, 1.165) is 0 Å². The molecule has 0 bridgehead atoms. The molecule has 0 aliphatic heterocycles. The number of rotatable bonds is 5. The molecule has 0 fully saturated rings. The highest BCUT2D eigenvalue weighted by molar-refractivity contribution is 5.61. The van der Waals surface area contributed by atoms with Crippen LogP contribution in [0, 0.1) is 15.5 Å². The second-order valence-corrected chi connectivity index (χ2v) is 5.02. The van der Waals surface area contributed by atoms with Crippen LogP contribution >= 0.6 is 0 Å². The summed E-state index contributed by atoms with van der Waals surface area (Å²) in [5.41, 5.74) is -2.67. The normalized spacial score (nSPS) is 12.3. The van der Waals surface area contributed by atoms with Crippen LogP contribution in [0.4, 0.5) is 24.5 Å². The Balaban J connectivity index is 3.10. The summed E-state index contributed by atoms with van der Waals surface area (Å²) in [6.45, 7) is 3.19. The largest absolute Gasteiger partial charge is 0.433 e. The predicted octanol–water partition coefficient (Wildman–Crippen LogP) is 2.44. The molecular formula is C11H14F3N3O3. The topological polar surface area (TPSA) is 88.3 Å². The van der Waals surface area contributed by atoms with Gasteiger partial charge < -0.3 is 10.4 Å². The minimum atomic E-state index is -4.68. The molecule has 0 radical (unpaired) electrons. The van der Waals surface area contributed by atoms with Crippen LogP contribution in [0.5, 0.6) is 0 Å². The van der Waals surface area contributed by atoms with Crippen LogP contribution in [0.2, 0.25) is 0 Å². The first-order chi connectivity index (χ1) is 9.07. The van der Waals surface area contributed by atoms with E-state index in [4.69, 9.17) is 5.11 Å². The number of nitro groups is 1. The predicted molar refractivity (Wildman–Crippen MR) is 65.2 cm³/mol. The van der Waals surface area contributed by atoms with Crippen molar-refractivity contribution in [3.05, 3.63) is 28.1 Å². The Hall–Kier alpha value is -1.90. The van der Waals surface area contributed by atoms with Crippen LogP contribution in [0.25, 0.3) is 0 Å². The summed E-state index contributed by atoms with van der Waals surface area (Å²) in [6, 6.07) is 0.589. The Labute approximate surface area is 112 Å². The van der Waals surface area contributed by atoms with Gasteiger partial charge in [0.25, 0.3) is 0 Å². The molecule has 1 rings (SSSR count). The number of aromatic nitrogens is 1. The van der Waals surface area contributed by atoms with Gasteiger partial charge in [-0.05, 0) is 6.07 Å². The Morgan fingerprint density at radius 2 is 2.05 bits per heavy atom. The lowest BCUT2D eigenvalue weighted by Crippen LogP contribution is -2.27. The lowest BCUT2D eigenvalue weighted by Gasteiger charge is -2.22. The molecule has 0 atom stereocenters.